The molecule has 1 saturated heterocycles. The Morgan fingerprint density at radius 3 is 2.38 bits per heavy atom. The van der Waals surface area contributed by atoms with Crippen LogP contribution in [0.2, 0.25) is 0 Å². The van der Waals surface area contributed by atoms with Crippen molar-refractivity contribution < 1.29 is 35.9 Å². The fourth-order valence-electron chi connectivity index (χ4n) is 6.05. The smallest absolute Gasteiger partial charge is 0.417 e. The summed E-state index contributed by atoms with van der Waals surface area (Å²) < 4.78 is 90.9. The van der Waals surface area contributed by atoms with Gasteiger partial charge in [-0.15, -0.1) is 0 Å². The number of benzene rings is 2. The molecule has 1 saturated carbocycles. The number of rotatable bonds is 11. The molecular formula is C36H45F6N5O2S. The van der Waals surface area contributed by atoms with Crippen molar-refractivity contribution in [3.05, 3.63) is 71.2 Å². The van der Waals surface area contributed by atoms with E-state index in [2.05, 4.69) is 39.3 Å². The van der Waals surface area contributed by atoms with Crippen LogP contribution in [-0.4, -0.2) is 92.1 Å². The van der Waals surface area contributed by atoms with Gasteiger partial charge in [-0.3, -0.25) is 4.79 Å². The van der Waals surface area contributed by atoms with Crippen molar-refractivity contribution in [2.75, 3.05) is 74.6 Å². The minimum Gasteiger partial charge on any atom is -0.477 e. The number of hydrogen-bond donors (Lipinski definition) is 2. The van der Waals surface area contributed by atoms with E-state index in [0.717, 1.165) is 30.9 Å². The Bertz CT molecular complexity index is 1650. The van der Waals surface area contributed by atoms with Gasteiger partial charge < -0.3 is 25.2 Å². The fraction of sp³-hybridized carbons (Fsp3) is 0.500. The number of amides is 1. The molecule has 2 heterocycles. The zero-order chi connectivity index (χ0) is 36.3. The first-order valence-corrected chi connectivity index (χ1v) is 19.7. The quantitative estimate of drug-likeness (QED) is 0.198. The van der Waals surface area contributed by atoms with Gasteiger partial charge in [-0.2, -0.15) is 13.2 Å². The predicted octanol–water partition coefficient (Wildman–Crippen LogP) is 7.65. The molecule has 0 radical (unpaired) electrons. The van der Waals surface area contributed by atoms with Crippen LogP contribution in [0.25, 0.3) is 11.1 Å². The van der Waals surface area contributed by atoms with Crippen LogP contribution in [0.5, 0.6) is 5.88 Å². The fourth-order valence-corrected chi connectivity index (χ4v) is 6.64. The highest BCUT2D eigenvalue weighted by Gasteiger charge is 2.37. The number of hydrogen-bond acceptors (Lipinski definition) is 6. The molecule has 0 unspecified atom stereocenters. The van der Waals surface area contributed by atoms with Crippen molar-refractivity contribution in [2.45, 2.75) is 50.4 Å². The van der Waals surface area contributed by atoms with Crippen LogP contribution in [0.1, 0.15) is 47.2 Å². The molecule has 2 N–H and O–H groups in total. The van der Waals surface area contributed by atoms with Gasteiger partial charge in [-0.1, -0.05) is 12.1 Å². The van der Waals surface area contributed by atoms with E-state index in [1.54, 1.807) is 30.3 Å². The molecule has 1 aromatic heterocycles. The SMILES string of the molecule is CN1CCN(c2ccc(-c3cc(CNC4CCC(F)(F)CC4)ccc3F)cc2NC(=O)c2cnc(OCCS(C)(C)C)cc2C(F)(F)F)CC1. The number of alkyl halides is 5. The first-order valence-electron chi connectivity index (χ1n) is 16.6. The van der Waals surface area contributed by atoms with E-state index in [0.29, 0.717) is 49.5 Å². The molecule has 0 atom stereocenters. The van der Waals surface area contributed by atoms with Crippen LogP contribution in [0, 0.1) is 5.82 Å². The normalized spacial score (nSPS) is 17.8. The van der Waals surface area contributed by atoms with E-state index in [9.17, 15) is 26.7 Å². The van der Waals surface area contributed by atoms with Gasteiger partial charge in [0.15, 0.2) is 0 Å². The molecule has 1 aliphatic carbocycles. The summed E-state index contributed by atoms with van der Waals surface area (Å²) in [5.41, 5.74) is 0.358. The number of carbonyl (C=O) groups excluding carboxylic acids is 1. The van der Waals surface area contributed by atoms with E-state index in [1.165, 1.54) is 6.07 Å². The molecule has 2 aliphatic rings. The molecule has 1 amide bonds. The van der Waals surface area contributed by atoms with E-state index >= 15 is 4.39 Å². The predicted molar refractivity (Wildman–Crippen MR) is 189 cm³/mol. The van der Waals surface area contributed by atoms with Gasteiger partial charge in [-0.25, -0.2) is 28.2 Å². The number of ether oxygens (including phenoxy) is 1. The third-order valence-corrected chi connectivity index (χ3v) is 10.5. The Morgan fingerprint density at radius 1 is 1.02 bits per heavy atom. The van der Waals surface area contributed by atoms with Crippen molar-refractivity contribution in [3.8, 4) is 17.0 Å². The van der Waals surface area contributed by atoms with Gasteiger partial charge in [0.25, 0.3) is 5.91 Å². The molecule has 2 aromatic carbocycles. The standard InChI is InChI=1S/C36H45F6N5O2S/c1-46-13-15-47(16-14-46)32-8-6-25(27-19-24(5-7-30(27)37)22-43-26-9-11-35(38,39)12-10-26)20-31(32)45-34(48)28-23-44-33(21-29(28)36(40,41)42)49-17-18-50(2,3)4/h5-8,19-21,23,26,43H,9-18,22H2,1-4H3,(H,45,48). The van der Waals surface area contributed by atoms with Crippen molar-refractivity contribution in [3.63, 3.8) is 0 Å². The summed E-state index contributed by atoms with van der Waals surface area (Å²) in [4.78, 5) is 21.8. The van der Waals surface area contributed by atoms with Gasteiger partial charge in [0, 0.05) is 75.2 Å². The first-order chi connectivity index (χ1) is 23.5. The molecule has 2 fully saturated rings. The van der Waals surface area contributed by atoms with Gasteiger partial charge in [0.05, 0.1) is 29.1 Å². The molecule has 7 nitrogen and oxygen atoms in total. The summed E-state index contributed by atoms with van der Waals surface area (Å²) in [6.45, 7) is 3.23. The van der Waals surface area contributed by atoms with Crippen molar-refractivity contribution in [2.24, 2.45) is 0 Å². The highest BCUT2D eigenvalue weighted by Crippen LogP contribution is 2.38. The Labute approximate surface area is 291 Å². The summed E-state index contributed by atoms with van der Waals surface area (Å²) in [7, 11) is 1.05. The number of anilines is 2. The number of likely N-dealkylation sites (N-methyl/N-ethyl adjacent to an activating group) is 1. The lowest BCUT2D eigenvalue weighted by Gasteiger charge is -2.35. The summed E-state index contributed by atoms with van der Waals surface area (Å²) in [6, 6.07) is 10.3. The molecule has 0 bridgehead atoms. The Kier molecular flexibility index (Phi) is 11.6. The molecular weight excluding hydrogens is 680 g/mol. The topological polar surface area (TPSA) is 69.7 Å². The summed E-state index contributed by atoms with van der Waals surface area (Å²) in [5, 5.41) is 5.98. The lowest BCUT2D eigenvalue weighted by molar-refractivity contribution is -0.138. The minimum absolute atomic E-state index is 0.0750. The molecule has 14 heteroatoms. The zero-order valence-corrected chi connectivity index (χ0v) is 29.6. The number of carbonyl (C=O) groups is 1. The molecule has 3 aromatic rings. The maximum atomic E-state index is 15.3. The molecule has 50 heavy (non-hydrogen) atoms. The summed E-state index contributed by atoms with van der Waals surface area (Å²) >= 11 is 0. The number of halogens is 6. The van der Waals surface area contributed by atoms with Crippen LogP contribution in [0.4, 0.5) is 37.7 Å². The molecule has 274 valence electrons. The highest BCUT2D eigenvalue weighted by molar-refractivity contribution is 8.32. The van der Waals surface area contributed by atoms with Crippen molar-refractivity contribution >= 4 is 27.3 Å². The van der Waals surface area contributed by atoms with Crippen molar-refractivity contribution in [1.29, 1.82) is 0 Å². The van der Waals surface area contributed by atoms with E-state index in [1.807, 2.05) is 11.9 Å². The van der Waals surface area contributed by atoms with E-state index in [4.69, 9.17) is 4.74 Å². The van der Waals surface area contributed by atoms with Gasteiger partial charge in [0.2, 0.25) is 11.8 Å². The summed E-state index contributed by atoms with van der Waals surface area (Å²) in [5.74, 6) is -3.72. The number of aromatic nitrogens is 1. The van der Waals surface area contributed by atoms with Crippen LogP contribution in [0.15, 0.2) is 48.7 Å². The van der Waals surface area contributed by atoms with Gasteiger partial charge >= 0.3 is 6.18 Å². The second-order valence-electron chi connectivity index (χ2n) is 14.0. The van der Waals surface area contributed by atoms with E-state index in [-0.39, 0.29) is 42.6 Å². The number of nitrogens with zero attached hydrogens (tertiary/aromatic N) is 3. The average molecular weight is 726 g/mol. The maximum Gasteiger partial charge on any atom is 0.417 e. The molecule has 5 rings (SSSR count). The van der Waals surface area contributed by atoms with Crippen LogP contribution in [0.3, 0.4) is 0 Å². The Morgan fingerprint density at radius 2 is 1.72 bits per heavy atom. The number of nitrogens with one attached hydrogen (secondary N) is 2. The Balaban J connectivity index is 1.42. The molecule has 1 aliphatic heterocycles. The third-order valence-electron chi connectivity index (χ3n) is 9.12. The van der Waals surface area contributed by atoms with Crippen LogP contribution < -0.4 is 20.3 Å². The second kappa shape index (κ2) is 15.4. The minimum atomic E-state index is -4.86. The monoisotopic (exact) mass is 725 g/mol. The lowest BCUT2D eigenvalue weighted by atomic mass is 9.92. The molecule has 0 spiro atoms. The summed E-state index contributed by atoms with van der Waals surface area (Å²) in [6.07, 6.45) is 2.55. The van der Waals surface area contributed by atoms with E-state index < -0.39 is 45.0 Å². The zero-order valence-electron chi connectivity index (χ0n) is 28.8. The second-order valence-corrected chi connectivity index (χ2v) is 18.6. The van der Waals surface area contributed by atoms with Crippen LogP contribution in [-0.2, 0) is 12.7 Å². The Hall–Kier alpha value is -3.49. The largest absolute Gasteiger partial charge is 0.477 e. The highest BCUT2D eigenvalue weighted by atomic mass is 32.3. The number of pyridine rings is 1. The van der Waals surface area contributed by atoms with Crippen molar-refractivity contribution in [1.82, 2.24) is 15.2 Å². The third kappa shape index (κ3) is 10.1. The maximum absolute atomic E-state index is 15.3. The first kappa shape index (κ1) is 37.8. The van der Waals surface area contributed by atoms with Gasteiger partial charge in [0.1, 0.15) is 5.82 Å². The average Bonchev–Trinajstić information content (AvgIpc) is 3.04. The lowest BCUT2D eigenvalue weighted by Crippen LogP contribution is -2.44. The number of piperazine rings is 1. The van der Waals surface area contributed by atoms with Gasteiger partial charge in [-0.05, 0) is 74.0 Å². The van der Waals surface area contributed by atoms with Crippen LogP contribution >= 0.6 is 10.0 Å².